The zero-order valence-electron chi connectivity index (χ0n) is 19.9. The van der Waals surface area contributed by atoms with E-state index < -0.39 is 25.7 Å². The van der Waals surface area contributed by atoms with Crippen LogP contribution in [-0.2, 0) is 24.9 Å². The zero-order valence-corrected chi connectivity index (χ0v) is 20.8. The van der Waals surface area contributed by atoms with Crippen molar-refractivity contribution in [2.45, 2.75) is 32.7 Å². The number of nitrogens with zero attached hydrogens (tertiary/aromatic N) is 2. The van der Waals surface area contributed by atoms with Crippen LogP contribution < -0.4 is 10.6 Å². The number of anilines is 1. The minimum Gasteiger partial charge on any atom is -0.326 e. The fourth-order valence-electron chi connectivity index (χ4n) is 3.49. The lowest BCUT2D eigenvalue weighted by Gasteiger charge is -2.20. The molecule has 2 aromatic rings. The van der Waals surface area contributed by atoms with Crippen molar-refractivity contribution in [1.82, 2.24) is 10.4 Å². The van der Waals surface area contributed by atoms with Gasteiger partial charge in [0.15, 0.2) is 5.84 Å². The summed E-state index contributed by atoms with van der Waals surface area (Å²) < 4.78 is 23.6. The monoisotopic (exact) mass is 502 g/mol. The molecule has 1 unspecified atom stereocenters. The molecule has 2 N–H and O–H groups in total. The van der Waals surface area contributed by atoms with Crippen LogP contribution in [0.1, 0.15) is 25.8 Å². The Bertz CT molecular complexity index is 1040. The van der Waals surface area contributed by atoms with Crippen LogP contribution in [0.2, 0.25) is 0 Å². The molecule has 11 heteroatoms. The van der Waals surface area contributed by atoms with Gasteiger partial charge in [-0.3, -0.25) is 9.40 Å². The minimum atomic E-state index is -3.35. The van der Waals surface area contributed by atoms with Gasteiger partial charge >= 0.3 is 19.7 Å². The van der Waals surface area contributed by atoms with E-state index >= 15 is 0 Å². The standard InChI is InChI=1S/C24H31N4O6P/c1-3-33-35(31,34-4-2)18-16-21-22(27-23(29)25-20-13-9-6-10-14-20)28(24(30)26-21)32-17-15-19-11-7-5-8-12-19/h5-14,21H,3-4,15-18H2,1-2H3,(H,25,29)(H,26,30). The molecule has 0 aromatic heterocycles. The van der Waals surface area contributed by atoms with Crippen LogP contribution in [0.25, 0.3) is 0 Å². The van der Waals surface area contributed by atoms with E-state index in [0.717, 1.165) is 10.6 Å². The summed E-state index contributed by atoms with van der Waals surface area (Å²) in [7, 11) is -3.35. The van der Waals surface area contributed by atoms with Gasteiger partial charge < -0.3 is 19.7 Å². The van der Waals surface area contributed by atoms with Gasteiger partial charge in [-0.1, -0.05) is 48.5 Å². The molecule has 35 heavy (non-hydrogen) atoms. The molecule has 0 bridgehead atoms. The Hall–Kier alpha value is -3.04. The van der Waals surface area contributed by atoms with Crippen molar-refractivity contribution in [3.63, 3.8) is 0 Å². The molecule has 0 saturated carbocycles. The highest BCUT2D eigenvalue weighted by Gasteiger charge is 2.39. The van der Waals surface area contributed by atoms with Gasteiger partial charge in [-0.15, -0.1) is 0 Å². The van der Waals surface area contributed by atoms with Crippen LogP contribution in [0.3, 0.4) is 0 Å². The van der Waals surface area contributed by atoms with Gasteiger partial charge in [0.2, 0.25) is 0 Å². The summed E-state index contributed by atoms with van der Waals surface area (Å²) in [6.07, 6.45) is 0.776. The average molecular weight is 503 g/mol. The smallest absolute Gasteiger partial charge is 0.326 e. The number of para-hydroxylation sites is 1. The lowest BCUT2D eigenvalue weighted by molar-refractivity contribution is -0.0543. The molecule has 1 aliphatic heterocycles. The average Bonchev–Trinajstić information content (AvgIpc) is 3.13. The maximum absolute atomic E-state index is 12.9. The predicted molar refractivity (Wildman–Crippen MR) is 133 cm³/mol. The first-order chi connectivity index (χ1) is 16.9. The number of hydrogen-bond acceptors (Lipinski definition) is 6. The van der Waals surface area contributed by atoms with Crippen LogP contribution in [0.4, 0.5) is 15.3 Å². The summed E-state index contributed by atoms with van der Waals surface area (Å²) in [5.41, 5.74) is 1.60. The van der Waals surface area contributed by atoms with E-state index in [9.17, 15) is 14.2 Å². The molecule has 1 saturated heterocycles. The van der Waals surface area contributed by atoms with E-state index in [-0.39, 0.29) is 38.2 Å². The van der Waals surface area contributed by atoms with E-state index in [1.807, 2.05) is 36.4 Å². The maximum Gasteiger partial charge on any atom is 0.347 e. The molecular weight excluding hydrogens is 471 g/mol. The highest BCUT2D eigenvalue weighted by Crippen LogP contribution is 2.48. The van der Waals surface area contributed by atoms with Crippen LogP contribution in [-0.4, -0.2) is 55.0 Å². The highest BCUT2D eigenvalue weighted by atomic mass is 31.2. The van der Waals surface area contributed by atoms with Gasteiger partial charge in [0.05, 0.1) is 32.0 Å². The van der Waals surface area contributed by atoms with Crippen molar-refractivity contribution < 1.29 is 28.0 Å². The molecule has 1 aliphatic rings. The number of aliphatic imine (C=N–C) groups is 1. The second-order valence-electron chi connectivity index (χ2n) is 7.59. The quantitative estimate of drug-likeness (QED) is 0.401. The zero-order chi connectivity index (χ0) is 25.1. The van der Waals surface area contributed by atoms with Crippen molar-refractivity contribution >= 4 is 31.2 Å². The van der Waals surface area contributed by atoms with Crippen LogP contribution in [0, 0.1) is 0 Å². The molecule has 0 spiro atoms. The summed E-state index contributed by atoms with van der Waals surface area (Å²) in [4.78, 5) is 35.2. The fraction of sp³-hybridized carbons (Fsp3) is 0.375. The Morgan fingerprint density at radius 1 is 1.06 bits per heavy atom. The highest BCUT2D eigenvalue weighted by molar-refractivity contribution is 7.53. The van der Waals surface area contributed by atoms with E-state index in [0.29, 0.717) is 12.1 Å². The second kappa shape index (κ2) is 13.2. The number of amidine groups is 1. The van der Waals surface area contributed by atoms with Gasteiger partial charge in [-0.05, 0) is 44.4 Å². The normalized spacial score (nSPS) is 17.0. The van der Waals surface area contributed by atoms with Crippen molar-refractivity contribution in [3.8, 4) is 0 Å². The minimum absolute atomic E-state index is 0.0385. The number of rotatable bonds is 12. The summed E-state index contributed by atoms with van der Waals surface area (Å²) in [6.45, 7) is 4.10. The molecule has 1 fully saturated rings. The SMILES string of the molecule is CCOP(=O)(CCC1NC(=O)N(OCCc2ccccc2)C1=NC(=O)Nc1ccccc1)OCC. The third-order valence-corrected chi connectivity index (χ3v) is 7.15. The van der Waals surface area contributed by atoms with Crippen molar-refractivity contribution in [3.05, 3.63) is 66.2 Å². The van der Waals surface area contributed by atoms with Gasteiger partial charge in [0, 0.05) is 5.69 Å². The number of nitrogens with one attached hydrogen (secondary N) is 2. The summed E-state index contributed by atoms with van der Waals surface area (Å²) in [5.74, 6) is 0.0797. The molecule has 0 radical (unpaired) electrons. The number of carbonyl (C=O) groups is 2. The Kier molecular flexibility index (Phi) is 9.98. The number of carbonyl (C=O) groups excluding carboxylic acids is 2. The topological polar surface area (TPSA) is 119 Å². The van der Waals surface area contributed by atoms with E-state index in [1.54, 1.807) is 38.1 Å². The third kappa shape index (κ3) is 8.00. The molecule has 3 rings (SSSR count). The van der Waals surface area contributed by atoms with E-state index in [2.05, 4.69) is 15.6 Å². The van der Waals surface area contributed by atoms with Gasteiger partial charge in [-0.25, -0.2) is 9.59 Å². The molecular formula is C24H31N4O6P. The molecule has 0 aliphatic carbocycles. The predicted octanol–water partition coefficient (Wildman–Crippen LogP) is 4.84. The largest absolute Gasteiger partial charge is 0.347 e. The molecule has 188 valence electrons. The Morgan fingerprint density at radius 2 is 1.69 bits per heavy atom. The number of hydrogen-bond donors (Lipinski definition) is 2. The number of benzene rings is 2. The molecule has 2 aromatic carbocycles. The van der Waals surface area contributed by atoms with Crippen molar-refractivity contribution in [1.29, 1.82) is 0 Å². The first-order valence-corrected chi connectivity index (χ1v) is 13.3. The van der Waals surface area contributed by atoms with Crippen LogP contribution in [0.5, 0.6) is 0 Å². The number of amides is 4. The summed E-state index contributed by atoms with van der Waals surface area (Å²) in [6, 6.07) is 16.6. The van der Waals surface area contributed by atoms with Gasteiger partial charge in [0.25, 0.3) is 0 Å². The Balaban J connectivity index is 1.75. The van der Waals surface area contributed by atoms with Crippen LogP contribution in [0.15, 0.2) is 65.7 Å². The fourth-order valence-corrected chi connectivity index (χ4v) is 5.18. The lowest BCUT2D eigenvalue weighted by atomic mass is 10.2. The molecule has 10 nitrogen and oxygen atoms in total. The van der Waals surface area contributed by atoms with Gasteiger partial charge in [0.1, 0.15) is 0 Å². The Morgan fingerprint density at radius 3 is 2.31 bits per heavy atom. The van der Waals surface area contributed by atoms with Crippen molar-refractivity contribution in [2.75, 3.05) is 31.3 Å². The second-order valence-corrected chi connectivity index (χ2v) is 9.78. The first-order valence-electron chi connectivity index (χ1n) is 11.5. The Labute approximate surface area is 205 Å². The molecule has 4 amide bonds. The van der Waals surface area contributed by atoms with Crippen molar-refractivity contribution in [2.24, 2.45) is 4.99 Å². The van der Waals surface area contributed by atoms with Gasteiger partial charge in [-0.2, -0.15) is 10.1 Å². The van der Waals surface area contributed by atoms with E-state index in [1.165, 1.54) is 0 Å². The molecule has 1 atom stereocenters. The first kappa shape index (κ1) is 26.6. The molecule has 1 heterocycles. The van der Waals surface area contributed by atoms with E-state index in [4.69, 9.17) is 13.9 Å². The third-order valence-electron chi connectivity index (χ3n) is 5.04. The number of urea groups is 2. The number of hydroxylamine groups is 2. The lowest BCUT2D eigenvalue weighted by Crippen LogP contribution is -2.34. The van der Waals surface area contributed by atoms with Crippen LogP contribution >= 0.6 is 7.60 Å². The summed E-state index contributed by atoms with van der Waals surface area (Å²) in [5, 5.41) is 6.41. The summed E-state index contributed by atoms with van der Waals surface area (Å²) >= 11 is 0. The maximum atomic E-state index is 12.9.